The molecule has 3 aromatic rings. The summed E-state index contributed by atoms with van der Waals surface area (Å²) in [5.41, 5.74) is 1.82. The lowest BCUT2D eigenvalue weighted by molar-refractivity contribution is -0.139. The zero-order chi connectivity index (χ0) is 25.8. The number of carbonyl (C=O) groups excluding carboxylic acids is 2. The topological polar surface area (TPSA) is 76.1 Å². The van der Waals surface area contributed by atoms with Crippen LogP contribution >= 0.6 is 0 Å². The molecule has 1 saturated heterocycles. The molecule has 0 saturated carbocycles. The molecule has 0 spiro atoms. The van der Waals surface area contributed by atoms with Crippen molar-refractivity contribution in [2.75, 3.05) is 13.7 Å². The fourth-order valence-electron chi connectivity index (χ4n) is 4.31. The molecule has 1 fully saturated rings. The number of carbonyl (C=O) groups is 2. The molecule has 1 heterocycles. The number of amides is 1. The van der Waals surface area contributed by atoms with E-state index in [4.69, 9.17) is 9.47 Å². The molecule has 0 aliphatic carbocycles. The normalized spacial score (nSPS) is 17.0. The highest BCUT2D eigenvalue weighted by Crippen LogP contribution is 2.40. The van der Waals surface area contributed by atoms with Gasteiger partial charge in [-0.3, -0.25) is 9.59 Å². The van der Waals surface area contributed by atoms with Crippen LogP contribution in [0.4, 0.5) is 4.39 Å². The third-order valence-electron chi connectivity index (χ3n) is 5.98. The van der Waals surface area contributed by atoms with Crippen LogP contribution in [0.5, 0.6) is 11.5 Å². The molecule has 186 valence electrons. The van der Waals surface area contributed by atoms with Gasteiger partial charge >= 0.3 is 0 Å². The summed E-state index contributed by atoms with van der Waals surface area (Å²) < 4.78 is 24.4. The number of ether oxygens (including phenoxy) is 2. The van der Waals surface area contributed by atoms with E-state index in [-0.39, 0.29) is 29.8 Å². The molecule has 0 aromatic heterocycles. The van der Waals surface area contributed by atoms with Crippen LogP contribution in [0.3, 0.4) is 0 Å². The monoisotopic (exact) mass is 489 g/mol. The number of aliphatic hydroxyl groups excluding tert-OH is 1. The minimum absolute atomic E-state index is 0.00550. The fourth-order valence-corrected chi connectivity index (χ4v) is 4.31. The number of likely N-dealkylation sites (tertiary alicyclic amines) is 1. The Kier molecular flexibility index (Phi) is 7.38. The second kappa shape index (κ2) is 10.6. The summed E-state index contributed by atoms with van der Waals surface area (Å²) >= 11 is 0. The number of nitrogens with zero attached hydrogens (tertiary/aromatic N) is 1. The summed E-state index contributed by atoms with van der Waals surface area (Å²) in [5.74, 6) is -1.01. The van der Waals surface area contributed by atoms with E-state index in [1.807, 2.05) is 13.8 Å². The molecule has 1 atom stereocenters. The zero-order valence-corrected chi connectivity index (χ0v) is 20.4. The molecule has 1 unspecified atom stereocenters. The molecule has 1 amide bonds. The first kappa shape index (κ1) is 25.0. The molecular formula is C29H28FNO5. The van der Waals surface area contributed by atoms with E-state index in [1.54, 1.807) is 60.7 Å². The number of hydrogen-bond acceptors (Lipinski definition) is 5. The molecule has 4 rings (SSSR count). The summed E-state index contributed by atoms with van der Waals surface area (Å²) in [4.78, 5) is 27.9. The van der Waals surface area contributed by atoms with Gasteiger partial charge in [0.1, 0.15) is 23.1 Å². The highest BCUT2D eigenvalue weighted by molar-refractivity contribution is 6.46. The average molecular weight is 490 g/mol. The third-order valence-corrected chi connectivity index (χ3v) is 5.98. The molecule has 7 heteroatoms. The lowest BCUT2D eigenvalue weighted by atomic mass is 9.95. The SMILES string of the molecule is COc1cccc(/C(O)=C2/C(=O)C(=O)N(CCc3ccc(F)cc3)C2c2cccc(OC(C)C)c2)c1. The van der Waals surface area contributed by atoms with E-state index in [9.17, 15) is 19.1 Å². The van der Waals surface area contributed by atoms with Crippen molar-refractivity contribution < 1.29 is 28.6 Å². The average Bonchev–Trinajstić information content (AvgIpc) is 3.12. The van der Waals surface area contributed by atoms with E-state index in [0.717, 1.165) is 5.56 Å². The number of methoxy groups -OCH3 is 1. The maximum absolute atomic E-state index is 13.3. The van der Waals surface area contributed by atoms with Crippen LogP contribution in [0.2, 0.25) is 0 Å². The van der Waals surface area contributed by atoms with Crippen LogP contribution < -0.4 is 9.47 Å². The first-order chi connectivity index (χ1) is 17.3. The van der Waals surface area contributed by atoms with Gasteiger partial charge in [0.05, 0.1) is 24.8 Å². The van der Waals surface area contributed by atoms with Crippen molar-refractivity contribution in [1.82, 2.24) is 4.90 Å². The van der Waals surface area contributed by atoms with Crippen molar-refractivity contribution in [1.29, 1.82) is 0 Å². The summed E-state index contributed by atoms with van der Waals surface area (Å²) in [6.45, 7) is 4.01. The van der Waals surface area contributed by atoms with E-state index in [2.05, 4.69) is 0 Å². The number of Topliss-reactive ketones (excluding diaryl/α,β-unsaturated/α-hetero) is 1. The minimum atomic E-state index is -0.827. The van der Waals surface area contributed by atoms with Crippen LogP contribution in [0, 0.1) is 5.82 Å². The molecule has 36 heavy (non-hydrogen) atoms. The number of halogens is 1. The molecule has 3 aromatic carbocycles. The van der Waals surface area contributed by atoms with Gasteiger partial charge in [-0.25, -0.2) is 4.39 Å². The van der Waals surface area contributed by atoms with Gasteiger partial charge in [0, 0.05) is 12.1 Å². The summed E-state index contributed by atoms with van der Waals surface area (Å²) in [6.07, 6.45) is 0.340. The van der Waals surface area contributed by atoms with Crippen molar-refractivity contribution in [3.8, 4) is 11.5 Å². The number of aliphatic hydroxyl groups is 1. The summed E-state index contributed by atoms with van der Waals surface area (Å²) in [6, 6.07) is 19.0. The second-order valence-electron chi connectivity index (χ2n) is 8.84. The van der Waals surface area contributed by atoms with Crippen molar-refractivity contribution in [3.05, 3.63) is 101 Å². The van der Waals surface area contributed by atoms with Crippen LogP contribution in [-0.4, -0.2) is 41.5 Å². The predicted molar refractivity (Wildman–Crippen MR) is 134 cm³/mol. The van der Waals surface area contributed by atoms with Gasteiger partial charge in [-0.15, -0.1) is 0 Å². The van der Waals surface area contributed by atoms with E-state index >= 15 is 0 Å². The largest absolute Gasteiger partial charge is 0.507 e. The maximum Gasteiger partial charge on any atom is 0.295 e. The highest BCUT2D eigenvalue weighted by atomic mass is 19.1. The van der Waals surface area contributed by atoms with Crippen molar-refractivity contribution in [2.45, 2.75) is 32.4 Å². The molecule has 0 radical (unpaired) electrons. The van der Waals surface area contributed by atoms with Gasteiger partial charge in [-0.05, 0) is 67.8 Å². The van der Waals surface area contributed by atoms with Gasteiger partial charge in [0.25, 0.3) is 11.7 Å². The molecule has 6 nitrogen and oxygen atoms in total. The predicted octanol–water partition coefficient (Wildman–Crippen LogP) is 5.29. The lowest BCUT2D eigenvalue weighted by Gasteiger charge is -2.26. The van der Waals surface area contributed by atoms with Crippen LogP contribution in [0.15, 0.2) is 78.4 Å². The van der Waals surface area contributed by atoms with Crippen LogP contribution in [-0.2, 0) is 16.0 Å². The van der Waals surface area contributed by atoms with Crippen molar-refractivity contribution in [3.63, 3.8) is 0 Å². The standard InChI is InChI=1S/C29H28FNO5/c1-18(2)36-24-9-4-6-20(16-24)26-25(27(32)21-7-5-8-23(17-21)35-3)28(33)29(34)31(26)15-14-19-10-12-22(30)13-11-19/h4-13,16-18,26,32H,14-15H2,1-3H3/b27-25-. The zero-order valence-electron chi connectivity index (χ0n) is 20.4. The van der Waals surface area contributed by atoms with E-state index < -0.39 is 17.7 Å². The van der Waals surface area contributed by atoms with E-state index in [1.165, 1.54) is 24.1 Å². The molecule has 1 aliphatic heterocycles. The summed E-state index contributed by atoms with van der Waals surface area (Å²) in [7, 11) is 1.51. The number of hydrogen-bond donors (Lipinski definition) is 1. The Hall–Kier alpha value is -4.13. The molecule has 1 aliphatic rings. The van der Waals surface area contributed by atoms with Gasteiger partial charge < -0.3 is 19.5 Å². The van der Waals surface area contributed by atoms with Gasteiger partial charge in [0.2, 0.25) is 0 Å². The van der Waals surface area contributed by atoms with Gasteiger partial charge in [-0.2, -0.15) is 0 Å². The van der Waals surface area contributed by atoms with E-state index in [0.29, 0.717) is 29.0 Å². The Morgan fingerprint density at radius 1 is 1.00 bits per heavy atom. The molecule has 1 N–H and O–H groups in total. The van der Waals surface area contributed by atoms with Gasteiger partial charge in [-0.1, -0.05) is 36.4 Å². The van der Waals surface area contributed by atoms with Crippen LogP contribution in [0.25, 0.3) is 5.76 Å². The van der Waals surface area contributed by atoms with Crippen molar-refractivity contribution >= 4 is 17.4 Å². The summed E-state index contributed by atoms with van der Waals surface area (Å²) in [5, 5.41) is 11.3. The Labute approximate surface area is 209 Å². The number of rotatable bonds is 8. The second-order valence-corrected chi connectivity index (χ2v) is 8.84. The Balaban J connectivity index is 1.79. The smallest absolute Gasteiger partial charge is 0.295 e. The maximum atomic E-state index is 13.3. The Morgan fingerprint density at radius 2 is 1.69 bits per heavy atom. The van der Waals surface area contributed by atoms with Crippen molar-refractivity contribution in [2.24, 2.45) is 0 Å². The quantitative estimate of drug-likeness (QED) is 0.265. The Bertz CT molecular complexity index is 1300. The first-order valence-corrected chi connectivity index (χ1v) is 11.7. The molecule has 0 bridgehead atoms. The van der Waals surface area contributed by atoms with Gasteiger partial charge in [0.15, 0.2) is 0 Å². The van der Waals surface area contributed by atoms with Crippen LogP contribution in [0.1, 0.15) is 36.6 Å². The fraction of sp³-hybridized carbons (Fsp3) is 0.241. The first-order valence-electron chi connectivity index (χ1n) is 11.7. The molecular weight excluding hydrogens is 461 g/mol. The third kappa shape index (κ3) is 5.25. The lowest BCUT2D eigenvalue weighted by Crippen LogP contribution is -2.31. The Morgan fingerprint density at radius 3 is 2.39 bits per heavy atom. The minimum Gasteiger partial charge on any atom is -0.507 e. The number of benzene rings is 3. The highest BCUT2D eigenvalue weighted by Gasteiger charge is 2.46. The number of ketones is 1.